The molecule has 1 rings (SSSR count). The number of aromatic nitrogens is 2. The van der Waals surface area contributed by atoms with Crippen molar-refractivity contribution in [3.63, 3.8) is 0 Å². The Morgan fingerprint density at radius 3 is 2.53 bits per heavy atom. The highest BCUT2D eigenvalue weighted by atomic mass is 16.5. The summed E-state index contributed by atoms with van der Waals surface area (Å²) in [6.07, 6.45) is 0. The van der Waals surface area contributed by atoms with Crippen molar-refractivity contribution < 1.29 is 4.74 Å². The maximum Gasteiger partial charge on any atom is 0.158 e. The van der Waals surface area contributed by atoms with E-state index in [1.54, 1.807) is 6.07 Å². The molecular formula is C14H26N4O. The van der Waals surface area contributed by atoms with E-state index >= 15 is 0 Å². The Balaban J connectivity index is 2.96. The Labute approximate surface area is 116 Å². The molecule has 1 heterocycles. The van der Waals surface area contributed by atoms with Crippen LogP contribution in [0.15, 0.2) is 6.07 Å². The molecule has 108 valence electrons. The van der Waals surface area contributed by atoms with Crippen LogP contribution in [0.5, 0.6) is 0 Å². The van der Waals surface area contributed by atoms with Crippen LogP contribution < -0.4 is 10.6 Å². The predicted octanol–water partition coefficient (Wildman–Crippen LogP) is 2.47. The predicted molar refractivity (Wildman–Crippen MR) is 79.1 cm³/mol. The first-order chi connectivity index (χ1) is 8.75. The molecule has 0 spiro atoms. The highest BCUT2D eigenvalue weighted by molar-refractivity contribution is 5.47. The third-order valence-corrected chi connectivity index (χ3v) is 3.41. The number of hydrogen-bond donors (Lipinski definition) is 1. The summed E-state index contributed by atoms with van der Waals surface area (Å²) in [5.74, 6) is 1.95. The summed E-state index contributed by atoms with van der Waals surface area (Å²) in [7, 11) is 2.03. The molecule has 0 radical (unpaired) electrons. The molecule has 1 atom stereocenters. The number of hydrogen-bond acceptors (Lipinski definition) is 5. The number of nitrogens with two attached hydrogens (primary N) is 1. The molecule has 5 nitrogen and oxygen atoms in total. The number of nitrogen functional groups attached to an aromatic ring is 1. The van der Waals surface area contributed by atoms with Gasteiger partial charge in [0.2, 0.25) is 0 Å². The van der Waals surface area contributed by atoms with Crippen molar-refractivity contribution in [2.75, 3.05) is 24.3 Å². The zero-order valence-electron chi connectivity index (χ0n) is 12.9. The van der Waals surface area contributed by atoms with Gasteiger partial charge in [0.15, 0.2) is 5.82 Å². The lowest BCUT2D eigenvalue weighted by molar-refractivity contribution is 0.128. The van der Waals surface area contributed by atoms with Crippen LogP contribution in [0.4, 0.5) is 11.6 Å². The summed E-state index contributed by atoms with van der Waals surface area (Å²) in [5.41, 5.74) is 6.01. The first-order valence-corrected chi connectivity index (χ1v) is 6.69. The Hall–Kier alpha value is -1.36. The minimum Gasteiger partial charge on any atom is -0.384 e. The first kappa shape index (κ1) is 15.7. The highest BCUT2D eigenvalue weighted by Crippen LogP contribution is 2.26. The Bertz CT molecular complexity index is 414. The quantitative estimate of drug-likeness (QED) is 0.887. The molecule has 0 bridgehead atoms. The van der Waals surface area contributed by atoms with E-state index in [0.29, 0.717) is 30.9 Å². The van der Waals surface area contributed by atoms with Crippen LogP contribution in [0.25, 0.3) is 0 Å². The van der Waals surface area contributed by atoms with Gasteiger partial charge in [-0.05, 0) is 19.3 Å². The minimum absolute atomic E-state index is 0.161. The molecular weight excluding hydrogens is 240 g/mol. The van der Waals surface area contributed by atoms with E-state index in [4.69, 9.17) is 10.5 Å². The summed E-state index contributed by atoms with van der Waals surface area (Å²) in [4.78, 5) is 10.8. The number of rotatable bonds is 5. The second-order valence-corrected chi connectivity index (χ2v) is 5.86. The van der Waals surface area contributed by atoms with Crippen LogP contribution in [-0.2, 0) is 11.3 Å². The van der Waals surface area contributed by atoms with Gasteiger partial charge in [0.1, 0.15) is 18.2 Å². The minimum atomic E-state index is 0.161. The van der Waals surface area contributed by atoms with Gasteiger partial charge in [-0.1, -0.05) is 20.8 Å². The average molecular weight is 266 g/mol. The SMILES string of the molecule is CCOCc1nc(N)cc(N(C)C(C)C(C)(C)C)n1. The van der Waals surface area contributed by atoms with Gasteiger partial charge in [0.25, 0.3) is 0 Å². The molecule has 19 heavy (non-hydrogen) atoms. The lowest BCUT2D eigenvalue weighted by atomic mass is 9.87. The number of anilines is 2. The van der Waals surface area contributed by atoms with E-state index in [0.717, 1.165) is 5.82 Å². The van der Waals surface area contributed by atoms with Gasteiger partial charge in [-0.3, -0.25) is 0 Å². The fourth-order valence-electron chi connectivity index (χ4n) is 1.72. The van der Waals surface area contributed by atoms with E-state index in [9.17, 15) is 0 Å². The van der Waals surface area contributed by atoms with Crippen LogP contribution in [-0.4, -0.2) is 29.7 Å². The van der Waals surface area contributed by atoms with Crippen molar-refractivity contribution in [3.8, 4) is 0 Å². The molecule has 0 fully saturated rings. The van der Waals surface area contributed by atoms with E-state index in [-0.39, 0.29) is 5.41 Å². The molecule has 1 aromatic rings. The smallest absolute Gasteiger partial charge is 0.158 e. The van der Waals surface area contributed by atoms with Gasteiger partial charge < -0.3 is 15.4 Å². The number of nitrogens with zero attached hydrogens (tertiary/aromatic N) is 3. The monoisotopic (exact) mass is 266 g/mol. The van der Waals surface area contributed by atoms with Crippen LogP contribution in [0, 0.1) is 5.41 Å². The van der Waals surface area contributed by atoms with Crippen molar-refractivity contribution in [2.45, 2.75) is 47.3 Å². The van der Waals surface area contributed by atoms with Crippen LogP contribution >= 0.6 is 0 Å². The van der Waals surface area contributed by atoms with E-state index in [2.05, 4.69) is 42.6 Å². The highest BCUT2D eigenvalue weighted by Gasteiger charge is 2.25. The summed E-state index contributed by atoms with van der Waals surface area (Å²) in [6, 6.07) is 2.14. The van der Waals surface area contributed by atoms with E-state index in [1.165, 1.54) is 0 Å². The average Bonchev–Trinajstić information content (AvgIpc) is 2.32. The molecule has 0 aliphatic heterocycles. The Morgan fingerprint density at radius 2 is 2.00 bits per heavy atom. The lowest BCUT2D eigenvalue weighted by Crippen LogP contribution is -2.40. The molecule has 1 aromatic heterocycles. The zero-order chi connectivity index (χ0) is 14.6. The van der Waals surface area contributed by atoms with Crippen molar-refractivity contribution >= 4 is 11.6 Å². The molecule has 0 aliphatic carbocycles. The van der Waals surface area contributed by atoms with Crippen molar-refractivity contribution in [1.82, 2.24) is 9.97 Å². The molecule has 1 unspecified atom stereocenters. The fourth-order valence-corrected chi connectivity index (χ4v) is 1.72. The molecule has 2 N–H and O–H groups in total. The van der Waals surface area contributed by atoms with Crippen LogP contribution in [0.3, 0.4) is 0 Å². The first-order valence-electron chi connectivity index (χ1n) is 6.69. The van der Waals surface area contributed by atoms with E-state index in [1.807, 2.05) is 14.0 Å². The molecule has 0 aliphatic rings. The number of ether oxygens (including phenoxy) is 1. The van der Waals surface area contributed by atoms with Gasteiger partial charge >= 0.3 is 0 Å². The second-order valence-electron chi connectivity index (χ2n) is 5.86. The summed E-state index contributed by atoms with van der Waals surface area (Å²) in [5, 5.41) is 0. The van der Waals surface area contributed by atoms with Crippen molar-refractivity contribution in [3.05, 3.63) is 11.9 Å². The molecule has 5 heteroatoms. The van der Waals surface area contributed by atoms with Gasteiger partial charge in [-0.25, -0.2) is 9.97 Å². The second kappa shape index (κ2) is 6.19. The van der Waals surface area contributed by atoms with Gasteiger partial charge in [-0.2, -0.15) is 0 Å². The molecule has 0 amide bonds. The lowest BCUT2D eigenvalue weighted by Gasteiger charge is -2.36. The fraction of sp³-hybridized carbons (Fsp3) is 0.714. The molecule has 0 saturated heterocycles. The van der Waals surface area contributed by atoms with E-state index < -0.39 is 0 Å². The van der Waals surface area contributed by atoms with Crippen molar-refractivity contribution in [1.29, 1.82) is 0 Å². The summed E-state index contributed by atoms with van der Waals surface area (Å²) < 4.78 is 5.34. The zero-order valence-corrected chi connectivity index (χ0v) is 12.9. The third-order valence-electron chi connectivity index (χ3n) is 3.41. The largest absolute Gasteiger partial charge is 0.384 e. The standard InChI is InChI=1S/C14H26N4O/c1-7-19-9-12-16-11(15)8-13(17-12)18(6)10(2)14(3,4)5/h8,10H,7,9H2,1-6H3,(H2,15,16,17). The van der Waals surface area contributed by atoms with Crippen LogP contribution in [0.1, 0.15) is 40.4 Å². The molecule has 0 aromatic carbocycles. The van der Waals surface area contributed by atoms with Gasteiger partial charge in [0.05, 0.1) is 0 Å². The maximum absolute atomic E-state index is 5.84. The topological polar surface area (TPSA) is 64.3 Å². The van der Waals surface area contributed by atoms with Gasteiger partial charge in [0, 0.05) is 25.8 Å². The Morgan fingerprint density at radius 1 is 1.37 bits per heavy atom. The third kappa shape index (κ3) is 4.35. The Kier molecular flexibility index (Phi) is 5.11. The van der Waals surface area contributed by atoms with Crippen LogP contribution in [0.2, 0.25) is 0 Å². The maximum atomic E-state index is 5.84. The molecule has 0 saturated carbocycles. The van der Waals surface area contributed by atoms with Gasteiger partial charge in [-0.15, -0.1) is 0 Å². The normalized spacial score (nSPS) is 13.4. The van der Waals surface area contributed by atoms with Crippen molar-refractivity contribution in [2.24, 2.45) is 5.41 Å². The summed E-state index contributed by atoms with van der Waals surface area (Å²) in [6.45, 7) is 11.8. The summed E-state index contributed by atoms with van der Waals surface area (Å²) >= 11 is 0.